The lowest BCUT2D eigenvalue weighted by molar-refractivity contribution is -0.139. The molecule has 23 heavy (non-hydrogen) atoms. The van der Waals surface area contributed by atoms with Crippen molar-refractivity contribution in [2.24, 2.45) is 0 Å². The number of hydrogen-bond acceptors (Lipinski definition) is 6. The number of carbonyl (C=O) groups excluding carboxylic acids is 2. The zero-order valence-corrected chi connectivity index (χ0v) is 15.8. The van der Waals surface area contributed by atoms with Gasteiger partial charge >= 0.3 is 20.5 Å². The van der Waals surface area contributed by atoms with Crippen LogP contribution >= 0.6 is 0 Å². The van der Waals surface area contributed by atoms with Gasteiger partial charge in [-0.15, -0.1) is 0 Å². The highest BCUT2D eigenvalue weighted by Gasteiger charge is 2.41. The second-order valence-electron chi connectivity index (χ2n) is 5.49. The van der Waals surface area contributed by atoms with E-state index in [0.29, 0.717) is 23.6 Å². The fraction of sp³-hybridized carbons (Fsp3) is 0.625. The Hall–Kier alpha value is -1.44. The van der Waals surface area contributed by atoms with Gasteiger partial charge in [0.2, 0.25) is 0 Å². The molecule has 0 N–H and O–H groups in total. The highest BCUT2D eigenvalue weighted by Crippen LogP contribution is 2.30. The predicted molar refractivity (Wildman–Crippen MR) is 90.2 cm³/mol. The van der Waals surface area contributed by atoms with Gasteiger partial charge in [-0.1, -0.05) is 20.1 Å². The van der Waals surface area contributed by atoms with Crippen LogP contribution in [0.2, 0.25) is 11.6 Å². The Labute approximate surface area is 139 Å². The molecule has 0 saturated heterocycles. The van der Waals surface area contributed by atoms with Crippen LogP contribution in [-0.4, -0.2) is 47.9 Å². The first kappa shape index (κ1) is 21.6. The molecule has 0 aromatic carbocycles. The summed E-state index contributed by atoms with van der Waals surface area (Å²) >= 11 is 0. The monoisotopic (exact) mass is 344 g/mol. The van der Waals surface area contributed by atoms with Crippen LogP contribution in [0, 0.1) is 0 Å². The maximum absolute atomic E-state index is 11.4. The molecule has 0 bridgehead atoms. The van der Waals surface area contributed by atoms with Crippen LogP contribution in [0.15, 0.2) is 24.3 Å². The topological polar surface area (TPSA) is 71.1 Å². The van der Waals surface area contributed by atoms with E-state index in [-0.39, 0.29) is 18.8 Å². The Morgan fingerprint density at radius 3 is 1.78 bits per heavy atom. The molecular weight excluding hydrogens is 316 g/mol. The molecule has 1 atom stereocenters. The first-order chi connectivity index (χ1) is 10.7. The largest absolute Gasteiger partial charge is 0.462 e. The number of esters is 2. The first-order valence-corrected chi connectivity index (χ1v) is 9.55. The molecule has 0 aromatic heterocycles. The summed E-state index contributed by atoms with van der Waals surface area (Å²) in [4.78, 5) is 22.8. The average molecular weight is 344 g/mol. The normalized spacial score (nSPS) is 12.4. The fourth-order valence-corrected chi connectivity index (χ4v) is 4.83. The van der Waals surface area contributed by atoms with Crippen molar-refractivity contribution >= 4 is 20.5 Å². The van der Waals surface area contributed by atoms with Crippen LogP contribution in [0.3, 0.4) is 0 Å². The van der Waals surface area contributed by atoms with Crippen LogP contribution < -0.4 is 0 Å². The van der Waals surface area contributed by atoms with Gasteiger partial charge in [-0.25, -0.2) is 9.59 Å². The Bertz CT molecular complexity index is 442. The summed E-state index contributed by atoms with van der Waals surface area (Å²) < 4.78 is 21.5. The minimum absolute atomic E-state index is 0.0546. The van der Waals surface area contributed by atoms with Gasteiger partial charge in [0.25, 0.3) is 0 Å². The second kappa shape index (κ2) is 10.4. The molecule has 0 radical (unpaired) electrons. The third-order valence-corrected chi connectivity index (χ3v) is 7.68. The summed E-state index contributed by atoms with van der Waals surface area (Å²) in [6, 6.07) is 0.495. The standard InChI is InChI=1S/C16H28O6Si/c1-12(2)15(17)21-9-8-14(5)23(19-6,20-7)11-10-22-16(18)13(3)4/h14H,1,3,8-11H2,2,4-7H3. The van der Waals surface area contributed by atoms with Crippen molar-refractivity contribution < 1.29 is 27.9 Å². The van der Waals surface area contributed by atoms with Crippen LogP contribution in [-0.2, 0) is 27.9 Å². The highest BCUT2D eigenvalue weighted by atomic mass is 28.4. The van der Waals surface area contributed by atoms with E-state index in [1.807, 2.05) is 6.92 Å². The summed E-state index contributed by atoms with van der Waals surface area (Å²) in [7, 11) is 0.612. The minimum Gasteiger partial charge on any atom is -0.462 e. The van der Waals surface area contributed by atoms with Crippen molar-refractivity contribution in [3.05, 3.63) is 24.3 Å². The summed E-state index contributed by atoms with van der Waals surface area (Å²) in [6.45, 7) is 12.7. The molecule has 0 rings (SSSR count). The fourth-order valence-electron chi connectivity index (χ4n) is 2.02. The molecule has 0 fully saturated rings. The van der Waals surface area contributed by atoms with Crippen molar-refractivity contribution in [3.63, 3.8) is 0 Å². The van der Waals surface area contributed by atoms with E-state index in [2.05, 4.69) is 13.2 Å². The molecule has 0 amide bonds. The maximum Gasteiger partial charge on any atom is 0.344 e. The lowest BCUT2D eigenvalue weighted by Gasteiger charge is -2.32. The molecular formula is C16H28O6Si. The van der Waals surface area contributed by atoms with Gasteiger partial charge in [0.15, 0.2) is 0 Å². The van der Waals surface area contributed by atoms with Crippen molar-refractivity contribution in [3.8, 4) is 0 Å². The van der Waals surface area contributed by atoms with Gasteiger partial charge in [0.1, 0.15) is 0 Å². The van der Waals surface area contributed by atoms with E-state index in [1.54, 1.807) is 28.1 Å². The zero-order valence-electron chi connectivity index (χ0n) is 14.8. The number of carbonyl (C=O) groups is 2. The van der Waals surface area contributed by atoms with Crippen LogP contribution in [0.4, 0.5) is 0 Å². The number of rotatable bonds is 11. The van der Waals surface area contributed by atoms with Crippen LogP contribution in [0.5, 0.6) is 0 Å². The van der Waals surface area contributed by atoms with E-state index >= 15 is 0 Å². The molecule has 0 aliphatic heterocycles. The Kier molecular flexibility index (Phi) is 9.70. The SMILES string of the molecule is C=C(C)C(=O)OCCC(C)[Si](CCOC(=O)C(=C)C)(OC)OC. The third kappa shape index (κ3) is 7.11. The minimum atomic E-state index is -2.57. The number of hydrogen-bond donors (Lipinski definition) is 0. The van der Waals surface area contributed by atoms with E-state index in [4.69, 9.17) is 18.3 Å². The quantitative estimate of drug-likeness (QED) is 0.326. The molecule has 0 spiro atoms. The zero-order chi connectivity index (χ0) is 18.0. The van der Waals surface area contributed by atoms with E-state index in [1.165, 1.54) is 0 Å². The third-order valence-electron chi connectivity index (χ3n) is 3.61. The number of ether oxygens (including phenoxy) is 2. The highest BCUT2D eigenvalue weighted by molar-refractivity contribution is 6.68. The van der Waals surface area contributed by atoms with Crippen molar-refractivity contribution in [1.82, 2.24) is 0 Å². The van der Waals surface area contributed by atoms with E-state index in [0.717, 1.165) is 0 Å². The lowest BCUT2D eigenvalue weighted by atomic mass is 10.3. The Balaban J connectivity index is 4.54. The van der Waals surface area contributed by atoms with Gasteiger partial charge in [-0.2, -0.15) is 0 Å². The van der Waals surface area contributed by atoms with E-state index < -0.39 is 20.5 Å². The molecule has 0 aliphatic rings. The molecule has 0 aromatic rings. The molecule has 0 aliphatic carbocycles. The first-order valence-electron chi connectivity index (χ1n) is 7.45. The summed E-state index contributed by atoms with van der Waals surface area (Å²) in [5, 5.41) is 0. The smallest absolute Gasteiger partial charge is 0.344 e. The molecule has 0 heterocycles. The molecule has 6 nitrogen and oxygen atoms in total. The van der Waals surface area contributed by atoms with Crippen molar-refractivity contribution in [2.45, 2.75) is 38.8 Å². The molecule has 7 heteroatoms. The van der Waals surface area contributed by atoms with Gasteiger partial charge < -0.3 is 18.3 Å². The van der Waals surface area contributed by atoms with Gasteiger partial charge in [0, 0.05) is 37.0 Å². The summed E-state index contributed by atoms with van der Waals surface area (Å²) in [6.07, 6.45) is 0.599. The predicted octanol–water partition coefficient (Wildman–Crippen LogP) is 2.74. The van der Waals surface area contributed by atoms with Gasteiger partial charge in [-0.05, 0) is 20.3 Å². The average Bonchev–Trinajstić information content (AvgIpc) is 2.51. The Morgan fingerprint density at radius 1 is 0.957 bits per heavy atom. The van der Waals surface area contributed by atoms with Crippen molar-refractivity contribution in [1.29, 1.82) is 0 Å². The molecule has 0 saturated carbocycles. The lowest BCUT2D eigenvalue weighted by Crippen LogP contribution is -2.45. The molecule has 1 unspecified atom stereocenters. The van der Waals surface area contributed by atoms with Gasteiger partial charge in [-0.3, -0.25) is 0 Å². The second-order valence-corrected chi connectivity index (χ2v) is 9.42. The van der Waals surface area contributed by atoms with E-state index in [9.17, 15) is 9.59 Å². The summed E-state index contributed by atoms with van der Waals surface area (Å²) in [5.74, 6) is -0.835. The van der Waals surface area contributed by atoms with Gasteiger partial charge in [0.05, 0.1) is 13.2 Å². The van der Waals surface area contributed by atoms with Crippen molar-refractivity contribution in [2.75, 3.05) is 27.4 Å². The molecule has 132 valence electrons. The Morgan fingerprint density at radius 2 is 1.39 bits per heavy atom. The van der Waals surface area contributed by atoms with Crippen LogP contribution in [0.1, 0.15) is 27.2 Å². The maximum atomic E-state index is 11.4. The van der Waals surface area contributed by atoms with Crippen LogP contribution in [0.25, 0.3) is 0 Å². The summed E-state index contributed by atoms with van der Waals surface area (Å²) in [5.41, 5.74) is 0.775.